The highest BCUT2D eigenvalue weighted by Gasteiger charge is 2.17. The third kappa shape index (κ3) is 4.44. The Bertz CT molecular complexity index is 315. The number of rotatable bonds is 5. The molecule has 0 aliphatic heterocycles. The molecule has 92 valence electrons. The van der Waals surface area contributed by atoms with Crippen molar-refractivity contribution in [2.24, 2.45) is 0 Å². The van der Waals surface area contributed by atoms with Crippen molar-refractivity contribution in [1.29, 1.82) is 0 Å². The van der Waals surface area contributed by atoms with Crippen molar-refractivity contribution in [3.63, 3.8) is 0 Å². The molecule has 0 radical (unpaired) electrons. The van der Waals surface area contributed by atoms with Crippen molar-refractivity contribution in [3.05, 3.63) is 16.1 Å². The molecular weight excluding hydrogens is 236 g/mol. The second-order valence-electron chi connectivity index (χ2n) is 5.12. The molecule has 0 spiro atoms. The summed E-state index contributed by atoms with van der Waals surface area (Å²) >= 11 is 3.70. The third-order valence-corrected chi connectivity index (χ3v) is 4.49. The minimum atomic E-state index is 0.174. The fourth-order valence-electron chi connectivity index (χ4n) is 1.32. The van der Waals surface area contributed by atoms with Gasteiger partial charge in [0.1, 0.15) is 0 Å². The maximum absolute atomic E-state index is 4.48. The Kier molecular flexibility index (Phi) is 5.28. The molecule has 0 bridgehead atoms. The predicted molar refractivity (Wildman–Crippen MR) is 75.5 cm³/mol. The summed E-state index contributed by atoms with van der Waals surface area (Å²) in [6.45, 7) is 9.79. The molecule has 1 aromatic rings. The van der Waals surface area contributed by atoms with Crippen molar-refractivity contribution in [2.45, 2.75) is 45.7 Å². The van der Waals surface area contributed by atoms with E-state index in [0.717, 1.165) is 12.3 Å². The zero-order valence-electron chi connectivity index (χ0n) is 10.8. The van der Waals surface area contributed by atoms with Gasteiger partial charge in [0, 0.05) is 34.8 Å². The Balaban J connectivity index is 2.47. The molecule has 0 amide bonds. The van der Waals surface area contributed by atoms with Crippen LogP contribution in [0.2, 0.25) is 0 Å². The average Bonchev–Trinajstić information content (AvgIpc) is 2.63. The van der Waals surface area contributed by atoms with E-state index in [0.29, 0.717) is 6.04 Å². The van der Waals surface area contributed by atoms with Crippen molar-refractivity contribution in [3.8, 4) is 0 Å². The van der Waals surface area contributed by atoms with E-state index in [-0.39, 0.29) is 5.41 Å². The van der Waals surface area contributed by atoms with Crippen LogP contribution in [0.3, 0.4) is 0 Å². The van der Waals surface area contributed by atoms with Crippen LogP contribution in [0.15, 0.2) is 6.20 Å². The molecule has 0 saturated carbocycles. The number of hydrogen-bond acceptors (Lipinski definition) is 4. The molecule has 0 saturated heterocycles. The summed E-state index contributed by atoms with van der Waals surface area (Å²) in [5.41, 5.74) is 0.174. The van der Waals surface area contributed by atoms with Crippen LogP contribution in [0.5, 0.6) is 0 Å². The van der Waals surface area contributed by atoms with E-state index in [4.69, 9.17) is 0 Å². The van der Waals surface area contributed by atoms with Gasteiger partial charge in [-0.3, -0.25) is 0 Å². The molecule has 0 aliphatic carbocycles. The van der Waals surface area contributed by atoms with Gasteiger partial charge in [-0.05, 0) is 13.2 Å². The molecule has 1 aromatic heterocycles. The molecule has 1 rings (SSSR count). The molecule has 0 fully saturated rings. The number of thioether (sulfide) groups is 1. The summed E-state index contributed by atoms with van der Waals surface area (Å²) in [6.07, 6.45) is 4.15. The van der Waals surface area contributed by atoms with E-state index in [1.807, 2.05) is 29.3 Å². The first kappa shape index (κ1) is 14.0. The monoisotopic (exact) mass is 258 g/mol. The highest BCUT2D eigenvalue weighted by atomic mass is 32.2. The van der Waals surface area contributed by atoms with E-state index in [9.17, 15) is 0 Å². The first-order valence-electron chi connectivity index (χ1n) is 5.61. The second-order valence-corrected chi connectivity index (χ2v) is 7.14. The van der Waals surface area contributed by atoms with Gasteiger partial charge in [-0.25, -0.2) is 4.98 Å². The molecule has 16 heavy (non-hydrogen) atoms. The van der Waals surface area contributed by atoms with Gasteiger partial charge in [-0.1, -0.05) is 20.8 Å². The molecule has 1 atom stereocenters. The largest absolute Gasteiger partial charge is 0.309 e. The van der Waals surface area contributed by atoms with Crippen LogP contribution in [0, 0.1) is 0 Å². The number of aromatic nitrogens is 1. The van der Waals surface area contributed by atoms with Gasteiger partial charge in [-0.15, -0.1) is 11.3 Å². The smallest absolute Gasteiger partial charge is 0.0981 e. The van der Waals surface area contributed by atoms with E-state index >= 15 is 0 Å². The Hall–Kier alpha value is -0.0600. The van der Waals surface area contributed by atoms with Gasteiger partial charge in [0.25, 0.3) is 0 Å². The van der Waals surface area contributed by atoms with Crippen LogP contribution in [0.25, 0.3) is 0 Å². The molecule has 1 heterocycles. The van der Waals surface area contributed by atoms with Gasteiger partial charge in [-0.2, -0.15) is 11.8 Å². The Morgan fingerprint density at radius 1 is 1.50 bits per heavy atom. The Morgan fingerprint density at radius 2 is 2.19 bits per heavy atom. The Morgan fingerprint density at radius 3 is 2.69 bits per heavy atom. The quantitative estimate of drug-likeness (QED) is 0.877. The first-order chi connectivity index (χ1) is 7.43. The summed E-state index contributed by atoms with van der Waals surface area (Å²) in [7, 11) is 0. The number of hydrogen-bond donors (Lipinski definition) is 1. The normalized spacial score (nSPS) is 14.1. The lowest BCUT2D eigenvalue weighted by Gasteiger charge is -2.13. The fraction of sp³-hybridized carbons (Fsp3) is 0.750. The summed E-state index contributed by atoms with van der Waals surface area (Å²) in [5.74, 6) is 1.16. The fourth-order valence-corrected chi connectivity index (χ4v) is 2.86. The van der Waals surface area contributed by atoms with Crippen LogP contribution in [0.1, 0.15) is 37.6 Å². The highest BCUT2D eigenvalue weighted by molar-refractivity contribution is 7.98. The zero-order chi connectivity index (χ0) is 12.2. The topological polar surface area (TPSA) is 24.9 Å². The van der Waals surface area contributed by atoms with Crippen LogP contribution < -0.4 is 5.32 Å². The van der Waals surface area contributed by atoms with Gasteiger partial charge >= 0.3 is 0 Å². The van der Waals surface area contributed by atoms with Gasteiger partial charge in [0.05, 0.1) is 5.01 Å². The molecule has 0 aromatic carbocycles. The Labute approximate surface area is 107 Å². The SMILES string of the molecule is CSCC(C)NCc1cnc(C(C)(C)C)s1. The highest BCUT2D eigenvalue weighted by Crippen LogP contribution is 2.26. The predicted octanol–water partition coefficient (Wildman–Crippen LogP) is 3.28. The maximum atomic E-state index is 4.48. The standard InChI is InChI=1S/C12H22N2S2/c1-9(8-15-5)13-6-10-7-14-11(16-10)12(2,3)4/h7,9,13H,6,8H2,1-5H3. The van der Waals surface area contributed by atoms with Crippen LogP contribution in [0.4, 0.5) is 0 Å². The number of nitrogens with zero attached hydrogens (tertiary/aromatic N) is 1. The molecular formula is C12H22N2S2. The lowest BCUT2D eigenvalue weighted by molar-refractivity contribution is 0.585. The minimum absolute atomic E-state index is 0.174. The van der Waals surface area contributed by atoms with E-state index < -0.39 is 0 Å². The lowest BCUT2D eigenvalue weighted by Crippen LogP contribution is -2.27. The van der Waals surface area contributed by atoms with Crippen molar-refractivity contribution < 1.29 is 0 Å². The molecule has 0 aliphatic rings. The third-order valence-electron chi connectivity index (χ3n) is 2.24. The van der Waals surface area contributed by atoms with Crippen molar-refractivity contribution in [2.75, 3.05) is 12.0 Å². The van der Waals surface area contributed by atoms with Crippen molar-refractivity contribution in [1.82, 2.24) is 10.3 Å². The summed E-state index contributed by atoms with van der Waals surface area (Å²) in [6, 6.07) is 0.565. The molecule has 1 unspecified atom stereocenters. The van der Waals surface area contributed by atoms with E-state index in [1.54, 1.807) is 0 Å². The second kappa shape index (κ2) is 6.03. The number of nitrogens with one attached hydrogen (secondary N) is 1. The summed E-state index contributed by atoms with van der Waals surface area (Å²) in [4.78, 5) is 5.82. The van der Waals surface area contributed by atoms with Crippen LogP contribution in [-0.4, -0.2) is 23.0 Å². The maximum Gasteiger partial charge on any atom is 0.0981 e. The minimum Gasteiger partial charge on any atom is -0.309 e. The van der Waals surface area contributed by atoms with E-state index in [2.05, 4.69) is 44.3 Å². The zero-order valence-corrected chi connectivity index (χ0v) is 12.5. The lowest BCUT2D eigenvalue weighted by atomic mass is 9.98. The van der Waals surface area contributed by atoms with E-state index in [1.165, 1.54) is 9.88 Å². The van der Waals surface area contributed by atoms with Gasteiger partial charge < -0.3 is 5.32 Å². The van der Waals surface area contributed by atoms with Crippen LogP contribution >= 0.6 is 23.1 Å². The average molecular weight is 258 g/mol. The van der Waals surface area contributed by atoms with Crippen LogP contribution in [-0.2, 0) is 12.0 Å². The first-order valence-corrected chi connectivity index (χ1v) is 7.82. The number of thiazole rings is 1. The molecule has 1 N–H and O–H groups in total. The van der Waals surface area contributed by atoms with Gasteiger partial charge in [0.15, 0.2) is 0 Å². The van der Waals surface area contributed by atoms with Gasteiger partial charge in [0.2, 0.25) is 0 Å². The molecule has 2 nitrogen and oxygen atoms in total. The van der Waals surface area contributed by atoms with Crippen molar-refractivity contribution >= 4 is 23.1 Å². The summed E-state index contributed by atoms with van der Waals surface area (Å²) < 4.78 is 0. The summed E-state index contributed by atoms with van der Waals surface area (Å²) in [5, 5.41) is 4.74. The molecule has 4 heteroatoms.